The van der Waals surface area contributed by atoms with Crippen molar-refractivity contribution < 1.29 is 0 Å². The van der Waals surface area contributed by atoms with Crippen LogP contribution in [0.3, 0.4) is 0 Å². The second-order valence-corrected chi connectivity index (χ2v) is 10.0. The molecule has 0 aromatic heterocycles. The Labute approximate surface area is 208 Å². The first kappa shape index (κ1) is 19.8. The van der Waals surface area contributed by atoms with Gasteiger partial charge in [-0.3, -0.25) is 0 Å². The zero-order chi connectivity index (χ0) is 22.9. The third-order valence-corrected chi connectivity index (χ3v) is 8.02. The maximum atomic E-state index is 3.90. The Morgan fingerprint density at radius 2 is 1.06 bits per heavy atom. The number of fused-ring (bicyclic) bond motifs is 10. The van der Waals surface area contributed by atoms with Crippen LogP contribution >= 0.6 is 15.9 Å². The maximum Gasteiger partial charge on any atom is 0.0726 e. The van der Waals surface area contributed by atoms with Crippen molar-refractivity contribution in [2.24, 2.45) is 0 Å². The van der Waals surface area contributed by atoms with Gasteiger partial charge in [0.05, 0.1) is 5.41 Å². The van der Waals surface area contributed by atoms with Crippen molar-refractivity contribution in [3.63, 3.8) is 0 Å². The zero-order valence-electron chi connectivity index (χ0n) is 18.6. The summed E-state index contributed by atoms with van der Waals surface area (Å²) in [6.45, 7) is 3.90. The molecule has 0 aliphatic heterocycles. The molecule has 7 rings (SSSR count). The molecule has 0 amide bonds. The molecule has 5 aromatic carbocycles. The van der Waals surface area contributed by atoms with Crippen molar-refractivity contribution in [3.8, 4) is 33.4 Å². The molecule has 0 nitrogen and oxygen atoms in total. The van der Waals surface area contributed by atoms with E-state index >= 15 is 0 Å². The van der Waals surface area contributed by atoms with E-state index in [2.05, 4.69) is 132 Å². The summed E-state index contributed by atoms with van der Waals surface area (Å²) in [6, 6.07) is 40.3. The topological polar surface area (TPSA) is 0 Å². The first-order valence-corrected chi connectivity index (χ1v) is 12.4. The Morgan fingerprint density at radius 1 is 0.529 bits per heavy atom. The minimum absolute atomic E-state index is 0.321. The minimum atomic E-state index is -0.321. The standard InChI is InChI=1S/C33H21Br/c1-2-21-11-13-22(14-12-21)23-15-17-27-25-7-3-5-9-29(25)33(31(27)19-23)30-10-6-4-8-26(30)28-18-16-24(34)20-32(28)33/h2-20H,1H2. The third kappa shape index (κ3) is 2.48. The van der Waals surface area contributed by atoms with E-state index < -0.39 is 0 Å². The van der Waals surface area contributed by atoms with Crippen LogP contribution in [0.4, 0.5) is 0 Å². The van der Waals surface area contributed by atoms with E-state index in [4.69, 9.17) is 0 Å². The number of hydrogen-bond donors (Lipinski definition) is 0. The Balaban J connectivity index is 1.59. The van der Waals surface area contributed by atoms with E-state index in [0.29, 0.717) is 0 Å². The van der Waals surface area contributed by atoms with Gasteiger partial charge in [0.1, 0.15) is 0 Å². The quantitative estimate of drug-likeness (QED) is 0.223. The van der Waals surface area contributed by atoms with Gasteiger partial charge in [0, 0.05) is 4.47 Å². The summed E-state index contributed by atoms with van der Waals surface area (Å²) in [5, 5.41) is 0. The fourth-order valence-corrected chi connectivity index (χ4v) is 6.46. The van der Waals surface area contributed by atoms with Crippen molar-refractivity contribution in [1.29, 1.82) is 0 Å². The molecule has 0 saturated heterocycles. The summed E-state index contributed by atoms with van der Waals surface area (Å²) in [7, 11) is 0. The zero-order valence-corrected chi connectivity index (χ0v) is 20.1. The summed E-state index contributed by atoms with van der Waals surface area (Å²) in [4.78, 5) is 0. The average molecular weight is 497 g/mol. The lowest BCUT2D eigenvalue weighted by atomic mass is 9.70. The molecular weight excluding hydrogens is 476 g/mol. The highest BCUT2D eigenvalue weighted by Crippen LogP contribution is 2.63. The first-order valence-electron chi connectivity index (χ1n) is 11.6. The molecule has 5 aromatic rings. The summed E-state index contributed by atoms with van der Waals surface area (Å²) >= 11 is 3.78. The van der Waals surface area contributed by atoms with Gasteiger partial charge in [-0.1, -0.05) is 120 Å². The predicted octanol–water partition coefficient (Wildman–Crippen LogP) is 9.10. The maximum absolute atomic E-state index is 3.90. The van der Waals surface area contributed by atoms with Crippen molar-refractivity contribution in [2.75, 3.05) is 0 Å². The van der Waals surface area contributed by atoms with E-state index in [0.717, 1.165) is 10.0 Å². The Kier molecular flexibility index (Phi) is 4.16. The monoisotopic (exact) mass is 496 g/mol. The van der Waals surface area contributed by atoms with Gasteiger partial charge in [-0.05, 0) is 79.4 Å². The van der Waals surface area contributed by atoms with Crippen molar-refractivity contribution in [2.45, 2.75) is 5.41 Å². The van der Waals surface area contributed by atoms with E-state index in [1.165, 1.54) is 55.6 Å². The van der Waals surface area contributed by atoms with Gasteiger partial charge in [0.2, 0.25) is 0 Å². The number of benzene rings is 5. The van der Waals surface area contributed by atoms with Crippen LogP contribution < -0.4 is 0 Å². The largest absolute Gasteiger partial charge is 0.0985 e. The molecule has 160 valence electrons. The average Bonchev–Trinajstić information content (AvgIpc) is 3.35. The Morgan fingerprint density at radius 3 is 1.71 bits per heavy atom. The molecule has 1 unspecified atom stereocenters. The predicted molar refractivity (Wildman–Crippen MR) is 146 cm³/mol. The molecule has 0 fully saturated rings. The van der Waals surface area contributed by atoms with Gasteiger partial charge in [0.15, 0.2) is 0 Å². The van der Waals surface area contributed by atoms with Crippen molar-refractivity contribution in [3.05, 3.63) is 148 Å². The van der Waals surface area contributed by atoms with Crippen molar-refractivity contribution in [1.82, 2.24) is 0 Å². The second-order valence-electron chi connectivity index (χ2n) is 9.12. The van der Waals surface area contributed by atoms with Crippen molar-refractivity contribution >= 4 is 22.0 Å². The van der Waals surface area contributed by atoms with Crippen LogP contribution in [0, 0.1) is 0 Å². The van der Waals surface area contributed by atoms with Gasteiger partial charge in [-0.15, -0.1) is 0 Å². The van der Waals surface area contributed by atoms with Crippen LogP contribution in [0.5, 0.6) is 0 Å². The normalized spacial score (nSPS) is 16.6. The first-order chi connectivity index (χ1) is 16.7. The lowest BCUT2D eigenvalue weighted by molar-refractivity contribution is 0.793. The number of hydrogen-bond acceptors (Lipinski definition) is 0. The fraction of sp³-hybridized carbons (Fsp3) is 0.0303. The highest BCUT2D eigenvalue weighted by Gasteiger charge is 2.51. The van der Waals surface area contributed by atoms with Gasteiger partial charge < -0.3 is 0 Å². The molecule has 0 radical (unpaired) electrons. The molecule has 2 aliphatic carbocycles. The molecule has 0 saturated carbocycles. The minimum Gasteiger partial charge on any atom is -0.0985 e. The molecule has 1 atom stereocenters. The van der Waals surface area contributed by atoms with E-state index in [1.807, 2.05) is 6.08 Å². The highest BCUT2D eigenvalue weighted by molar-refractivity contribution is 9.10. The van der Waals surface area contributed by atoms with E-state index in [9.17, 15) is 0 Å². The molecule has 0 heterocycles. The molecule has 2 aliphatic rings. The van der Waals surface area contributed by atoms with Gasteiger partial charge in [-0.25, -0.2) is 0 Å². The van der Waals surface area contributed by atoms with Gasteiger partial charge >= 0.3 is 0 Å². The smallest absolute Gasteiger partial charge is 0.0726 e. The van der Waals surface area contributed by atoms with E-state index in [-0.39, 0.29) is 5.41 Å². The van der Waals surface area contributed by atoms with Crippen LogP contribution in [0.15, 0.2) is 120 Å². The van der Waals surface area contributed by atoms with Gasteiger partial charge in [-0.2, -0.15) is 0 Å². The molecule has 0 N–H and O–H groups in total. The molecule has 1 spiro atoms. The van der Waals surface area contributed by atoms with Crippen LogP contribution in [0.25, 0.3) is 39.5 Å². The van der Waals surface area contributed by atoms with Crippen LogP contribution in [-0.2, 0) is 5.41 Å². The Hall–Kier alpha value is -3.68. The summed E-state index contributed by atoms with van der Waals surface area (Å²) in [6.07, 6.45) is 1.89. The molecule has 34 heavy (non-hydrogen) atoms. The van der Waals surface area contributed by atoms with Gasteiger partial charge in [0.25, 0.3) is 0 Å². The van der Waals surface area contributed by atoms with Crippen LogP contribution in [0.1, 0.15) is 27.8 Å². The Bertz CT molecular complexity index is 1610. The van der Waals surface area contributed by atoms with E-state index in [1.54, 1.807) is 0 Å². The lowest BCUT2D eigenvalue weighted by Crippen LogP contribution is -2.25. The summed E-state index contributed by atoms with van der Waals surface area (Å²) in [5.41, 5.74) is 14.0. The number of rotatable bonds is 2. The molecule has 0 bridgehead atoms. The summed E-state index contributed by atoms with van der Waals surface area (Å²) in [5.74, 6) is 0. The molecule has 1 heteroatoms. The lowest BCUT2D eigenvalue weighted by Gasteiger charge is -2.30. The SMILES string of the molecule is C=Cc1ccc(-c2ccc3c(c2)C2(c4ccccc4-c4ccc(Br)cc42)c2ccccc2-3)cc1. The number of halogens is 1. The summed E-state index contributed by atoms with van der Waals surface area (Å²) < 4.78 is 1.11. The van der Waals surface area contributed by atoms with Crippen LogP contribution in [0.2, 0.25) is 0 Å². The fourth-order valence-electron chi connectivity index (χ4n) is 6.10. The molecular formula is C33H21Br. The highest BCUT2D eigenvalue weighted by atomic mass is 79.9. The van der Waals surface area contributed by atoms with Crippen LogP contribution in [-0.4, -0.2) is 0 Å². The second kappa shape index (κ2) is 7.16. The third-order valence-electron chi connectivity index (χ3n) is 7.53.